The molecule has 0 spiro atoms. The molecule has 0 amide bonds. The van der Waals surface area contributed by atoms with Crippen molar-refractivity contribution in [3.8, 4) is 0 Å². The van der Waals surface area contributed by atoms with Crippen molar-refractivity contribution >= 4 is 18.0 Å². The van der Waals surface area contributed by atoms with Crippen molar-refractivity contribution < 1.29 is 18.0 Å². The van der Waals surface area contributed by atoms with Gasteiger partial charge >= 0.3 is 6.18 Å². The number of alkyl halides is 3. The van der Waals surface area contributed by atoms with E-state index in [1.165, 1.54) is 18.7 Å². The number of hydrogen-bond acceptors (Lipinski definition) is 3. The van der Waals surface area contributed by atoms with Gasteiger partial charge in [0, 0.05) is 18.3 Å². The molecule has 36 heavy (non-hydrogen) atoms. The van der Waals surface area contributed by atoms with Gasteiger partial charge in [0.15, 0.2) is 11.8 Å². The van der Waals surface area contributed by atoms with Crippen LogP contribution in [-0.2, 0) is 30.3 Å². The lowest BCUT2D eigenvalue weighted by Crippen LogP contribution is -2.40. The van der Waals surface area contributed by atoms with Gasteiger partial charge in [-0.2, -0.15) is 13.2 Å². The molecule has 0 radical (unpaired) electrons. The zero-order chi connectivity index (χ0) is 26.1. The molecular formula is C27H34F3N5O. The second-order valence-electron chi connectivity index (χ2n) is 8.95. The van der Waals surface area contributed by atoms with Crippen LogP contribution in [0.5, 0.6) is 0 Å². The van der Waals surface area contributed by atoms with Gasteiger partial charge in [-0.25, -0.2) is 4.99 Å². The Morgan fingerprint density at radius 1 is 1.14 bits per heavy atom. The molecule has 3 N–H and O–H groups in total. The first-order valence-electron chi connectivity index (χ1n) is 12.3. The number of nitrogens with two attached hydrogens (primary N) is 1. The zero-order valence-electron chi connectivity index (χ0n) is 20.8. The number of unbranched alkanes of at least 4 members (excludes halogenated alkanes) is 1. The number of nitrogens with zero attached hydrogens (tertiary/aromatic N) is 3. The summed E-state index contributed by atoms with van der Waals surface area (Å²) in [6.07, 6.45) is 2.67. The molecule has 0 saturated carbocycles. The van der Waals surface area contributed by atoms with Crippen LogP contribution >= 0.6 is 0 Å². The Kier molecular flexibility index (Phi) is 9.50. The number of aryl methyl sites for hydroxylation is 3. The van der Waals surface area contributed by atoms with Crippen LogP contribution in [0.1, 0.15) is 60.4 Å². The van der Waals surface area contributed by atoms with Crippen LogP contribution < -0.4 is 5.73 Å². The van der Waals surface area contributed by atoms with Crippen molar-refractivity contribution in [1.82, 2.24) is 4.90 Å². The molecule has 0 unspecified atom stereocenters. The van der Waals surface area contributed by atoms with E-state index in [9.17, 15) is 13.2 Å². The quantitative estimate of drug-likeness (QED) is 0.268. The summed E-state index contributed by atoms with van der Waals surface area (Å²) in [5.74, 6) is -0.0267. The Bertz CT molecular complexity index is 1080. The van der Waals surface area contributed by atoms with Crippen molar-refractivity contribution in [3.05, 3.63) is 70.3 Å². The van der Waals surface area contributed by atoms with Crippen molar-refractivity contribution in [2.24, 2.45) is 15.9 Å². The highest BCUT2D eigenvalue weighted by Crippen LogP contribution is 2.33. The number of amidine groups is 1. The minimum absolute atomic E-state index is 0.0348. The van der Waals surface area contributed by atoms with Gasteiger partial charge in [0.2, 0.25) is 0 Å². The molecule has 1 atom stereocenters. The van der Waals surface area contributed by atoms with E-state index in [0.29, 0.717) is 13.0 Å². The van der Waals surface area contributed by atoms with Crippen molar-refractivity contribution in [1.29, 1.82) is 5.41 Å². The zero-order valence-corrected chi connectivity index (χ0v) is 20.8. The summed E-state index contributed by atoms with van der Waals surface area (Å²) in [5.41, 5.74) is 7.59. The normalized spacial score (nSPS) is 16.6. The molecular weight excluding hydrogens is 467 g/mol. The monoisotopic (exact) mass is 501 g/mol. The third kappa shape index (κ3) is 7.32. The summed E-state index contributed by atoms with van der Waals surface area (Å²) in [6.45, 7) is 2.78. The summed E-state index contributed by atoms with van der Waals surface area (Å²) < 4.78 is 42.0. The van der Waals surface area contributed by atoms with E-state index in [-0.39, 0.29) is 35.4 Å². The molecule has 0 aromatic heterocycles. The fourth-order valence-corrected chi connectivity index (χ4v) is 4.37. The second-order valence-corrected chi connectivity index (χ2v) is 8.95. The molecule has 1 saturated heterocycles. The van der Waals surface area contributed by atoms with Crippen molar-refractivity contribution in [3.63, 3.8) is 0 Å². The van der Waals surface area contributed by atoms with E-state index in [4.69, 9.17) is 16.0 Å². The molecule has 6 nitrogen and oxygen atoms in total. The first-order chi connectivity index (χ1) is 17.2. The Morgan fingerprint density at radius 3 is 2.44 bits per heavy atom. The number of oxime groups is 1. The van der Waals surface area contributed by atoms with Gasteiger partial charge in [0.1, 0.15) is 7.11 Å². The molecule has 0 bridgehead atoms. The summed E-state index contributed by atoms with van der Waals surface area (Å²) >= 11 is 0. The van der Waals surface area contributed by atoms with Crippen LogP contribution in [0.25, 0.3) is 0 Å². The fourth-order valence-electron chi connectivity index (χ4n) is 4.37. The Balaban J connectivity index is 1.80. The highest BCUT2D eigenvalue weighted by atomic mass is 19.4. The third-order valence-electron chi connectivity index (χ3n) is 6.35. The molecule has 0 aliphatic carbocycles. The molecule has 9 heteroatoms. The van der Waals surface area contributed by atoms with Gasteiger partial charge in [0.25, 0.3) is 0 Å². The number of guanidine groups is 1. The SMILES string of the molecule is CCCCc1ccc(CCc2ccc(C(=N/OC)/N=C/[C@@H]3CCCN3C(=N)N)cc2C(F)(F)F)cc1. The summed E-state index contributed by atoms with van der Waals surface area (Å²) in [6, 6.07) is 12.1. The van der Waals surface area contributed by atoms with Crippen molar-refractivity contribution in [2.75, 3.05) is 13.7 Å². The van der Waals surface area contributed by atoms with Crippen LogP contribution in [0, 0.1) is 5.41 Å². The van der Waals surface area contributed by atoms with E-state index < -0.39 is 11.7 Å². The molecule has 2 aromatic rings. The highest BCUT2D eigenvalue weighted by molar-refractivity contribution is 6.03. The van der Waals surface area contributed by atoms with Crippen molar-refractivity contribution in [2.45, 2.75) is 64.1 Å². The Labute approximate surface area is 210 Å². The number of hydrogen-bond donors (Lipinski definition) is 2. The maximum atomic E-state index is 14.0. The molecule has 1 heterocycles. The number of halogens is 3. The summed E-state index contributed by atoms with van der Waals surface area (Å²) in [4.78, 5) is 10.9. The van der Waals surface area contributed by atoms with Crippen LogP contribution in [-0.4, -0.2) is 42.6 Å². The lowest BCUT2D eigenvalue weighted by atomic mass is 9.96. The second kappa shape index (κ2) is 12.6. The van der Waals surface area contributed by atoms with Gasteiger partial charge in [-0.05, 0) is 61.3 Å². The van der Waals surface area contributed by atoms with Crippen LogP contribution in [0.2, 0.25) is 0 Å². The number of benzene rings is 2. The lowest BCUT2D eigenvalue weighted by Gasteiger charge is -2.21. The Morgan fingerprint density at radius 2 is 1.83 bits per heavy atom. The molecule has 3 rings (SSSR count). The molecule has 2 aromatic carbocycles. The molecule has 1 aliphatic rings. The first kappa shape index (κ1) is 27.2. The number of likely N-dealkylation sites (tertiary alicyclic amines) is 1. The van der Waals surface area contributed by atoms with Crippen LogP contribution in [0.3, 0.4) is 0 Å². The number of nitrogens with one attached hydrogen (secondary N) is 1. The minimum Gasteiger partial charge on any atom is -0.397 e. The standard InChI is InChI=1S/C27H34F3N5O/c1-3-4-6-19-8-10-20(11-9-19)12-13-21-14-15-22(17-24(21)27(28,29)30)25(34-36-2)33-18-23-7-5-16-35(23)26(31)32/h8-11,14-15,17-18,23H,3-7,12-13,16H2,1-2H3,(H3,31,32)/b33-18+,34-25-/t23-/m0/s1. The third-order valence-corrected chi connectivity index (χ3v) is 6.35. The molecule has 1 fully saturated rings. The average Bonchev–Trinajstić information content (AvgIpc) is 3.33. The highest BCUT2D eigenvalue weighted by Gasteiger charge is 2.34. The summed E-state index contributed by atoms with van der Waals surface area (Å²) in [7, 11) is 1.32. The van der Waals surface area contributed by atoms with Crippen LogP contribution in [0.15, 0.2) is 52.6 Å². The van der Waals surface area contributed by atoms with E-state index in [0.717, 1.165) is 43.7 Å². The predicted molar refractivity (Wildman–Crippen MR) is 138 cm³/mol. The maximum Gasteiger partial charge on any atom is 0.416 e. The first-order valence-corrected chi connectivity index (χ1v) is 12.3. The van der Waals surface area contributed by atoms with E-state index in [2.05, 4.69) is 29.2 Å². The number of aliphatic imine (C=N–C) groups is 1. The molecule has 194 valence electrons. The fraction of sp³-hybridized carbons (Fsp3) is 0.444. The van der Waals surface area contributed by atoms with E-state index in [1.807, 2.05) is 12.1 Å². The van der Waals surface area contributed by atoms with Gasteiger partial charge in [-0.1, -0.05) is 54.9 Å². The largest absolute Gasteiger partial charge is 0.416 e. The van der Waals surface area contributed by atoms with E-state index in [1.54, 1.807) is 17.2 Å². The minimum atomic E-state index is -4.52. The van der Waals surface area contributed by atoms with E-state index >= 15 is 0 Å². The lowest BCUT2D eigenvalue weighted by molar-refractivity contribution is -0.138. The predicted octanol–water partition coefficient (Wildman–Crippen LogP) is 5.57. The van der Waals surface area contributed by atoms with Gasteiger partial charge in [-0.3, -0.25) is 5.41 Å². The smallest absolute Gasteiger partial charge is 0.397 e. The van der Waals surface area contributed by atoms with Gasteiger partial charge in [0.05, 0.1) is 11.6 Å². The van der Waals surface area contributed by atoms with Crippen LogP contribution in [0.4, 0.5) is 13.2 Å². The Hall–Kier alpha value is -3.36. The van der Waals surface area contributed by atoms with Gasteiger partial charge < -0.3 is 15.5 Å². The maximum absolute atomic E-state index is 14.0. The summed E-state index contributed by atoms with van der Waals surface area (Å²) in [5, 5.41) is 11.5. The van der Waals surface area contributed by atoms with Gasteiger partial charge in [-0.15, -0.1) is 0 Å². The molecule has 1 aliphatic heterocycles. The number of rotatable bonds is 9. The topological polar surface area (TPSA) is 87.1 Å². The average molecular weight is 502 g/mol.